The highest BCUT2D eigenvalue weighted by Crippen LogP contribution is 2.18. The van der Waals surface area contributed by atoms with Crippen LogP contribution >= 0.6 is 0 Å². The lowest BCUT2D eigenvalue weighted by atomic mass is 10.00. The molecular formula is C15H20FNO2. The first kappa shape index (κ1) is 13.8. The number of hydrogen-bond acceptors (Lipinski definition) is 2. The van der Waals surface area contributed by atoms with Gasteiger partial charge in [-0.25, -0.2) is 4.39 Å². The quantitative estimate of drug-likeness (QED) is 0.841. The minimum absolute atomic E-state index is 0.0101. The molecule has 0 saturated carbocycles. The Morgan fingerprint density at radius 1 is 1.42 bits per heavy atom. The Morgan fingerprint density at radius 2 is 2.11 bits per heavy atom. The van der Waals surface area contributed by atoms with Gasteiger partial charge in [0.2, 0.25) is 0 Å². The van der Waals surface area contributed by atoms with Crippen LogP contribution in [0.5, 0.6) is 5.75 Å². The van der Waals surface area contributed by atoms with Crippen LogP contribution < -0.4 is 4.74 Å². The fourth-order valence-corrected chi connectivity index (χ4v) is 2.41. The number of piperidine rings is 1. The SMILES string of the molecule is C[C@@H]1CCCN(C(=O)[C@H](C)Oc2ccc(F)cc2)C1. The first-order valence-corrected chi connectivity index (χ1v) is 6.77. The number of carbonyl (C=O) groups excluding carboxylic acids is 1. The van der Waals surface area contributed by atoms with Crippen LogP contribution in [0.25, 0.3) is 0 Å². The van der Waals surface area contributed by atoms with E-state index < -0.39 is 6.10 Å². The Bertz CT molecular complexity index is 432. The normalized spacial score (nSPS) is 21.0. The van der Waals surface area contributed by atoms with E-state index in [1.165, 1.54) is 30.7 Å². The molecule has 1 aromatic rings. The fourth-order valence-electron chi connectivity index (χ4n) is 2.41. The summed E-state index contributed by atoms with van der Waals surface area (Å²) < 4.78 is 18.3. The minimum Gasteiger partial charge on any atom is -0.481 e. The van der Waals surface area contributed by atoms with Gasteiger partial charge in [-0.3, -0.25) is 4.79 Å². The summed E-state index contributed by atoms with van der Waals surface area (Å²) in [6.45, 7) is 5.51. The largest absolute Gasteiger partial charge is 0.481 e. The lowest BCUT2D eigenvalue weighted by molar-refractivity contribution is -0.139. The second kappa shape index (κ2) is 6.04. The van der Waals surface area contributed by atoms with Crippen LogP contribution in [0.2, 0.25) is 0 Å². The van der Waals surface area contributed by atoms with Gasteiger partial charge in [0.1, 0.15) is 11.6 Å². The molecule has 1 saturated heterocycles. The monoisotopic (exact) mass is 265 g/mol. The number of hydrogen-bond donors (Lipinski definition) is 0. The van der Waals surface area contributed by atoms with Gasteiger partial charge >= 0.3 is 0 Å². The van der Waals surface area contributed by atoms with Gasteiger partial charge in [0, 0.05) is 13.1 Å². The zero-order valence-electron chi connectivity index (χ0n) is 11.4. The van der Waals surface area contributed by atoms with Crippen molar-refractivity contribution in [1.29, 1.82) is 0 Å². The van der Waals surface area contributed by atoms with E-state index in [0.29, 0.717) is 11.7 Å². The lowest BCUT2D eigenvalue weighted by Gasteiger charge is -2.32. The van der Waals surface area contributed by atoms with Crippen molar-refractivity contribution in [1.82, 2.24) is 4.90 Å². The average Bonchev–Trinajstić information content (AvgIpc) is 2.40. The number of halogens is 1. The molecule has 0 radical (unpaired) electrons. The Hall–Kier alpha value is -1.58. The van der Waals surface area contributed by atoms with Crippen molar-refractivity contribution in [2.45, 2.75) is 32.8 Å². The molecule has 2 rings (SSSR count). The molecule has 3 nitrogen and oxygen atoms in total. The van der Waals surface area contributed by atoms with Crippen molar-refractivity contribution in [2.75, 3.05) is 13.1 Å². The molecule has 0 unspecified atom stereocenters. The molecular weight excluding hydrogens is 245 g/mol. The van der Waals surface area contributed by atoms with Gasteiger partial charge in [0.15, 0.2) is 6.10 Å². The van der Waals surface area contributed by atoms with E-state index in [1.807, 2.05) is 4.90 Å². The highest BCUT2D eigenvalue weighted by Gasteiger charge is 2.25. The van der Waals surface area contributed by atoms with Crippen molar-refractivity contribution >= 4 is 5.91 Å². The van der Waals surface area contributed by atoms with E-state index in [0.717, 1.165) is 19.5 Å². The Balaban J connectivity index is 1.93. The molecule has 1 fully saturated rings. The third-order valence-corrected chi connectivity index (χ3v) is 3.44. The smallest absolute Gasteiger partial charge is 0.263 e. The summed E-state index contributed by atoms with van der Waals surface area (Å²) in [6.07, 6.45) is 1.70. The molecule has 0 spiro atoms. The molecule has 104 valence electrons. The summed E-state index contributed by atoms with van der Waals surface area (Å²) in [5, 5.41) is 0. The summed E-state index contributed by atoms with van der Waals surface area (Å²) >= 11 is 0. The van der Waals surface area contributed by atoms with E-state index in [4.69, 9.17) is 4.74 Å². The van der Waals surface area contributed by atoms with Crippen molar-refractivity contribution in [2.24, 2.45) is 5.92 Å². The number of amides is 1. The number of carbonyl (C=O) groups is 1. The molecule has 19 heavy (non-hydrogen) atoms. The van der Waals surface area contributed by atoms with Crippen LogP contribution in [-0.2, 0) is 4.79 Å². The number of benzene rings is 1. The Labute approximate surface area is 113 Å². The summed E-state index contributed by atoms with van der Waals surface area (Å²) in [4.78, 5) is 14.1. The highest BCUT2D eigenvalue weighted by atomic mass is 19.1. The number of nitrogens with zero attached hydrogens (tertiary/aromatic N) is 1. The van der Waals surface area contributed by atoms with Crippen molar-refractivity contribution in [3.8, 4) is 5.75 Å². The number of likely N-dealkylation sites (tertiary alicyclic amines) is 1. The predicted octanol–water partition coefficient (Wildman–Crippen LogP) is 2.85. The van der Waals surface area contributed by atoms with E-state index in [-0.39, 0.29) is 11.7 Å². The van der Waals surface area contributed by atoms with Crippen LogP contribution in [0.1, 0.15) is 26.7 Å². The van der Waals surface area contributed by atoms with Crippen LogP contribution in [0, 0.1) is 11.7 Å². The molecule has 1 heterocycles. The zero-order valence-corrected chi connectivity index (χ0v) is 11.4. The summed E-state index contributed by atoms with van der Waals surface area (Å²) in [5.41, 5.74) is 0. The van der Waals surface area contributed by atoms with E-state index >= 15 is 0 Å². The summed E-state index contributed by atoms with van der Waals surface area (Å²) in [5.74, 6) is 0.773. The standard InChI is InChI=1S/C15H20FNO2/c1-11-4-3-9-17(10-11)15(18)12(2)19-14-7-5-13(16)6-8-14/h5-8,11-12H,3-4,9-10H2,1-2H3/t11-,12+/m1/s1. The first-order valence-electron chi connectivity index (χ1n) is 6.77. The maximum Gasteiger partial charge on any atom is 0.263 e. The van der Waals surface area contributed by atoms with Gasteiger partial charge < -0.3 is 9.64 Å². The summed E-state index contributed by atoms with van der Waals surface area (Å²) in [6, 6.07) is 5.74. The van der Waals surface area contributed by atoms with Gasteiger partial charge in [0.25, 0.3) is 5.91 Å². The molecule has 0 aromatic heterocycles. The minimum atomic E-state index is -0.532. The first-order chi connectivity index (χ1) is 9.06. The van der Waals surface area contributed by atoms with Crippen molar-refractivity contribution < 1.29 is 13.9 Å². The van der Waals surface area contributed by atoms with E-state index in [2.05, 4.69) is 6.92 Å². The molecule has 2 atom stereocenters. The van der Waals surface area contributed by atoms with Crippen LogP contribution in [0.4, 0.5) is 4.39 Å². The highest BCUT2D eigenvalue weighted by molar-refractivity contribution is 5.81. The molecule has 0 bridgehead atoms. The van der Waals surface area contributed by atoms with Crippen molar-refractivity contribution in [3.63, 3.8) is 0 Å². The molecule has 1 amide bonds. The second-order valence-electron chi connectivity index (χ2n) is 5.25. The Morgan fingerprint density at radius 3 is 2.74 bits per heavy atom. The van der Waals surface area contributed by atoms with Crippen molar-refractivity contribution in [3.05, 3.63) is 30.1 Å². The third-order valence-electron chi connectivity index (χ3n) is 3.44. The molecule has 1 aromatic carbocycles. The molecule has 1 aliphatic heterocycles. The molecule has 0 N–H and O–H groups in total. The average molecular weight is 265 g/mol. The van der Waals surface area contributed by atoms with Crippen LogP contribution in [0.3, 0.4) is 0 Å². The molecule has 1 aliphatic rings. The van der Waals surface area contributed by atoms with Gasteiger partial charge in [0.05, 0.1) is 0 Å². The number of rotatable bonds is 3. The predicted molar refractivity (Wildman–Crippen MR) is 71.5 cm³/mol. The van der Waals surface area contributed by atoms with Crippen LogP contribution in [0.15, 0.2) is 24.3 Å². The van der Waals surface area contributed by atoms with Gasteiger partial charge in [-0.05, 0) is 49.9 Å². The van der Waals surface area contributed by atoms with Gasteiger partial charge in [-0.2, -0.15) is 0 Å². The second-order valence-corrected chi connectivity index (χ2v) is 5.25. The molecule has 4 heteroatoms. The molecule has 0 aliphatic carbocycles. The zero-order chi connectivity index (χ0) is 13.8. The number of ether oxygens (including phenoxy) is 1. The Kier molecular flexibility index (Phi) is 4.40. The van der Waals surface area contributed by atoms with Gasteiger partial charge in [-0.15, -0.1) is 0 Å². The van der Waals surface area contributed by atoms with E-state index in [9.17, 15) is 9.18 Å². The van der Waals surface area contributed by atoms with Crippen LogP contribution in [-0.4, -0.2) is 30.0 Å². The maximum absolute atomic E-state index is 12.8. The third kappa shape index (κ3) is 3.69. The summed E-state index contributed by atoms with van der Waals surface area (Å²) in [7, 11) is 0. The topological polar surface area (TPSA) is 29.5 Å². The fraction of sp³-hybridized carbons (Fsp3) is 0.533. The van der Waals surface area contributed by atoms with Gasteiger partial charge in [-0.1, -0.05) is 6.92 Å². The van der Waals surface area contributed by atoms with E-state index in [1.54, 1.807) is 6.92 Å². The lowest BCUT2D eigenvalue weighted by Crippen LogP contribution is -2.45. The maximum atomic E-state index is 12.8.